The smallest absolute Gasteiger partial charge is 0.260 e. The van der Waals surface area contributed by atoms with Crippen LogP contribution >= 0.6 is 11.3 Å². The van der Waals surface area contributed by atoms with Gasteiger partial charge < -0.3 is 9.47 Å². The Morgan fingerprint density at radius 1 is 1.26 bits per heavy atom. The highest BCUT2D eigenvalue weighted by Crippen LogP contribution is 2.33. The maximum Gasteiger partial charge on any atom is 0.260 e. The quantitative estimate of drug-likeness (QED) is 0.530. The Bertz CT molecular complexity index is 924. The predicted molar refractivity (Wildman–Crippen MR) is 106 cm³/mol. The van der Waals surface area contributed by atoms with Gasteiger partial charge in [-0.2, -0.15) is 5.10 Å². The number of hydrazone groups is 1. The summed E-state index contributed by atoms with van der Waals surface area (Å²) < 4.78 is 35.9. The van der Waals surface area contributed by atoms with Gasteiger partial charge in [-0.25, -0.2) is 13.8 Å². The van der Waals surface area contributed by atoms with Crippen molar-refractivity contribution in [1.29, 1.82) is 0 Å². The van der Waals surface area contributed by atoms with Crippen molar-refractivity contribution in [3.05, 3.63) is 40.6 Å². The first-order valence-electron chi connectivity index (χ1n) is 7.83. The lowest BCUT2D eigenvalue weighted by Crippen LogP contribution is -2.39. The zero-order valence-corrected chi connectivity index (χ0v) is 17.1. The van der Waals surface area contributed by atoms with Gasteiger partial charge >= 0.3 is 0 Å². The number of anilines is 1. The number of ether oxygens (including phenoxy) is 2. The highest BCUT2D eigenvalue weighted by atomic mass is 32.2. The SMILES string of the molecule is COc1ccc(OC)c(N(CC(=O)N/N=C(/C)c2cccs2)S(C)(=O)=O)c1. The van der Waals surface area contributed by atoms with E-state index in [1.54, 1.807) is 19.1 Å². The van der Waals surface area contributed by atoms with Crippen LogP contribution in [0.25, 0.3) is 0 Å². The van der Waals surface area contributed by atoms with Crippen molar-refractivity contribution in [1.82, 2.24) is 5.43 Å². The van der Waals surface area contributed by atoms with Gasteiger partial charge in [-0.15, -0.1) is 11.3 Å². The van der Waals surface area contributed by atoms with E-state index in [1.165, 1.54) is 31.6 Å². The summed E-state index contributed by atoms with van der Waals surface area (Å²) >= 11 is 1.49. The molecule has 146 valence electrons. The normalized spacial score (nSPS) is 11.8. The minimum atomic E-state index is -3.76. The molecule has 1 aromatic heterocycles. The molecule has 1 heterocycles. The molecule has 0 spiro atoms. The van der Waals surface area contributed by atoms with Crippen LogP contribution in [0.3, 0.4) is 0 Å². The van der Waals surface area contributed by atoms with Crippen molar-refractivity contribution in [3.8, 4) is 11.5 Å². The van der Waals surface area contributed by atoms with Crippen LogP contribution < -0.4 is 19.2 Å². The number of hydrogen-bond acceptors (Lipinski definition) is 7. The van der Waals surface area contributed by atoms with E-state index < -0.39 is 22.5 Å². The number of hydrogen-bond donors (Lipinski definition) is 1. The van der Waals surface area contributed by atoms with Gasteiger partial charge in [0.15, 0.2) is 0 Å². The number of rotatable bonds is 8. The van der Waals surface area contributed by atoms with Gasteiger partial charge in [-0.1, -0.05) is 6.07 Å². The molecule has 0 aliphatic rings. The molecule has 0 aliphatic heterocycles. The zero-order valence-electron chi connectivity index (χ0n) is 15.4. The molecular weight excluding hydrogens is 390 g/mol. The fourth-order valence-electron chi connectivity index (χ4n) is 2.22. The summed E-state index contributed by atoms with van der Waals surface area (Å²) in [6.45, 7) is 1.30. The minimum Gasteiger partial charge on any atom is -0.497 e. The van der Waals surface area contributed by atoms with Gasteiger partial charge in [0.25, 0.3) is 5.91 Å². The summed E-state index contributed by atoms with van der Waals surface area (Å²) in [6, 6.07) is 8.45. The summed E-state index contributed by atoms with van der Waals surface area (Å²) in [5.41, 5.74) is 3.22. The van der Waals surface area contributed by atoms with Gasteiger partial charge in [0, 0.05) is 10.9 Å². The molecule has 1 aromatic carbocycles. The summed E-state index contributed by atoms with van der Waals surface area (Å²) in [6.07, 6.45) is 1.01. The van der Waals surface area contributed by atoms with Crippen molar-refractivity contribution in [3.63, 3.8) is 0 Å². The van der Waals surface area contributed by atoms with E-state index >= 15 is 0 Å². The third-order valence-corrected chi connectivity index (χ3v) is 5.67. The van der Waals surface area contributed by atoms with Crippen LogP contribution in [0.15, 0.2) is 40.8 Å². The Labute approximate surface area is 162 Å². The maximum absolute atomic E-state index is 12.3. The summed E-state index contributed by atoms with van der Waals surface area (Å²) in [7, 11) is -0.881. The van der Waals surface area contributed by atoms with Crippen molar-refractivity contribution in [2.24, 2.45) is 5.10 Å². The summed E-state index contributed by atoms with van der Waals surface area (Å²) in [5, 5.41) is 5.92. The average Bonchev–Trinajstić information content (AvgIpc) is 3.17. The Kier molecular flexibility index (Phi) is 6.81. The molecule has 27 heavy (non-hydrogen) atoms. The number of methoxy groups -OCH3 is 2. The molecule has 0 radical (unpaired) electrons. The molecule has 2 aromatic rings. The minimum absolute atomic E-state index is 0.202. The molecule has 0 saturated heterocycles. The lowest BCUT2D eigenvalue weighted by molar-refractivity contribution is -0.119. The van der Waals surface area contributed by atoms with Crippen molar-refractivity contribution in [2.75, 3.05) is 31.3 Å². The lowest BCUT2D eigenvalue weighted by Gasteiger charge is -2.23. The van der Waals surface area contributed by atoms with Crippen LogP contribution in [0.5, 0.6) is 11.5 Å². The van der Waals surface area contributed by atoms with Crippen LogP contribution in [0.4, 0.5) is 5.69 Å². The number of thiophene rings is 1. The van der Waals surface area contributed by atoms with E-state index in [0.29, 0.717) is 17.2 Å². The molecule has 0 aliphatic carbocycles. The Balaban J connectivity index is 2.26. The van der Waals surface area contributed by atoms with Crippen molar-refractivity contribution < 1.29 is 22.7 Å². The van der Waals surface area contributed by atoms with Crippen LogP contribution in [-0.4, -0.2) is 47.1 Å². The number of benzene rings is 1. The number of carbonyl (C=O) groups excluding carboxylic acids is 1. The van der Waals surface area contributed by atoms with Crippen LogP contribution in [0.1, 0.15) is 11.8 Å². The second kappa shape index (κ2) is 8.87. The molecule has 2 rings (SSSR count). The Hall–Kier alpha value is -2.59. The fraction of sp³-hybridized carbons (Fsp3) is 0.294. The van der Waals surface area contributed by atoms with Gasteiger partial charge in [-0.3, -0.25) is 9.10 Å². The van der Waals surface area contributed by atoms with Gasteiger partial charge in [0.2, 0.25) is 10.0 Å². The standard InChI is InChI=1S/C17H21N3O5S2/c1-12(16-6-5-9-26-16)18-19-17(21)11-20(27(4,22)23)14-10-13(24-2)7-8-15(14)25-3/h5-10H,11H2,1-4H3,(H,19,21)/b18-12-. The van der Waals surface area contributed by atoms with E-state index in [0.717, 1.165) is 15.4 Å². The van der Waals surface area contributed by atoms with Crippen molar-refractivity contribution in [2.45, 2.75) is 6.92 Å². The number of nitrogens with one attached hydrogen (secondary N) is 1. The molecule has 0 atom stereocenters. The van der Waals surface area contributed by atoms with Crippen LogP contribution in [0.2, 0.25) is 0 Å². The monoisotopic (exact) mass is 411 g/mol. The van der Waals surface area contributed by atoms with Crippen molar-refractivity contribution >= 4 is 38.7 Å². The van der Waals surface area contributed by atoms with E-state index in [2.05, 4.69) is 10.5 Å². The molecule has 0 bridgehead atoms. The second-order valence-corrected chi connectivity index (χ2v) is 8.37. The first-order chi connectivity index (χ1) is 12.8. The highest BCUT2D eigenvalue weighted by molar-refractivity contribution is 7.92. The topological polar surface area (TPSA) is 97.3 Å². The largest absolute Gasteiger partial charge is 0.497 e. The molecule has 1 N–H and O–H groups in total. The molecule has 1 amide bonds. The second-order valence-electron chi connectivity index (χ2n) is 5.52. The van der Waals surface area contributed by atoms with Crippen LogP contribution in [0, 0.1) is 0 Å². The van der Waals surface area contributed by atoms with E-state index in [1.807, 2.05) is 17.5 Å². The summed E-state index contributed by atoms with van der Waals surface area (Å²) in [5.74, 6) is 0.153. The Morgan fingerprint density at radius 2 is 2.00 bits per heavy atom. The van der Waals surface area contributed by atoms with Gasteiger partial charge in [0.05, 0.1) is 31.9 Å². The number of nitrogens with zero attached hydrogens (tertiary/aromatic N) is 2. The number of amides is 1. The lowest BCUT2D eigenvalue weighted by atomic mass is 10.2. The summed E-state index contributed by atoms with van der Waals surface area (Å²) in [4.78, 5) is 13.2. The average molecular weight is 412 g/mol. The van der Waals surface area contributed by atoms with E-state index in [4.69, 9.17) is 9.47 Å². The molecule has 8 nitrogen and oxygen atoms in total. The molecule has 0 saturated carbocycles. The van der Waals surface area contributed by atoms with E-state index in [-0.39, 0.29) is 5.69 Å². The fourth-order valence-corrected chi connectivity index (χ4v) is 3.75. The first-order valence-corrected chi connectivity index (χ1v) is 10.6. The predicted octanol–water partition coefficient (Wildman–Crippen LogP) is 2.07. The molecule has 0 fully saturated rings. The molecule has 0 unspecified atom stereocenters. The Morgan fingerprint density at radius 3 is 2.56 bits per heavy atom. The van der Waals surface area contributed by atoms with E-state index in [9.17, 15) is 13.2 Å². The molecule has 10 heteroatoms. The number of carbonyl (C=O) groups is 1. The van der Waals surface area contributed by atoms with Crippen LogP contribution in [-0.2, 0) is 14.8 Å². The first kappa shape index (κ1) is 20.7. The van der Waals surface area contributed by atoms with Gasteiger partial charge in [0.1, 0.15) is 18.0 Å². The highest BCUT2D eigenvalue weighted by Gasteiger charge is 2.24. The van der Waals surface area contributed by atoms with Gasteiger partial charge in [-0.05, 0) is 30.5 Å². The maximum atomic E-state index is 12.3. The third-order valence-electron chi connectivity index (χ3n) is 3.57. The number of sulfonamides is 1. The third kappa shape index (κ3) is 5.44. The molecular formula is C17H21N3O5S2. The zero-order chi connectivity index (χ0) is 20.0.